The fourth-order valence-electron chi connectivity index (χ4n) is 3.22. The molecule has 0 spiro atoms. The van der Waals surface area contributed by atoms with E-state index < -0.39 is 0 Å². The summed E-state index contributed by atoms with van der Waals surface area (Å²) in [6.45, 7) is 0.964. The summed E-state index contributed by atoms with van der Waals surface area (Å²) in [5.41, 5.74) is 0. The van der Waals surface area contributed by atoms with Crippen LogP contribution >= 0.6 is 0 Å². The topological polar surface area (TPSA) is 43.8 Å². The smallest absolute Gasteiger partial charge is 0.239 e. The molecule has 2 fully saturated rings. The van der Waals surface area contributed by atoms with Crippen molar-refractivity contribution in [3.8, 4) is 0 Å². The average molecular weight is 240 g/mol. The van der Waals surface area contributed by atoms with Gasteiger partial charge in [-0.2, -0.15) is 0 Å². The lowest BCUT2D eigenvalue weighted by molar-refractivity contribution is -0.137. The van der Waals surface area contributed by atoms with Gasteiger partial charge in [0.2, 0.25) is 5.91 Å². The lowest BCUT2D eigenvalue weighted by atomic mass is 9.97. The first-order valence-corrected chi connectivity index (χ1v) is 6.76. The first-order chi connectivity index (χ1) is 8.11. The van der Waals surface area contributed by atoms with Gasteiger partial charge in [0.05, 0.1) is 12.1 Å². The van der Waals surface area contributed by atoms with E-state index in [4.69, 9.17) is 0 Å². The zero-order chi connectivity index (χ0) is 12.4. The maximum atomic E-state index is 12.2. The Hall–Kier alpha value is -0.610. The molecule has 4 nitrogen and oxygen atoms in total. The van der Waals surface area contributed by atoms with Crippen LogP contribution in [0.25, 0.3) is 0 Å². The summed E-state index contributed by atoms with van der Waals surface area (Å²) in [5, 5.41) is 10.0. The van der Waals surface area contributed by atoms with Gasteiger partial charge in [0.15, 0.2) is 0 Å². The molecule has 0 aromatic heterocycles. The molecule has 4 heteroatoms. The molecule has 0 aromatic carbocycles. The normalized spacial score (nSPS) is 34.9. The maximum Gasteiger partial charge on any atom is 0.239 e. The number of aliphatic hydroxyl groups excluding tert-OH is 1. The highest BCUT2D eigenvalue weighted by molar-refractivity contribution is 5.81. The Morgan fingerprint density at radius 3 is 2.53 bits per heavy atom. The van der Waals surface area contributed by atoms with Crippen molar-refractivity contribution in [3.63, 3.8) is 0 Å². The molecule has 3 unspecified atom stereocenters. The second-order valence-electron chi connectivity index (χ2n) is 5.55. The fourth-order valence-corrected chi connectivity index (χ4v) is 3.22. The number of likely N-dealkylation sites (tertiary alicyclic amines) is 1. The average Bonchev–Trinajstić information content (AvgIpc) is 2.74. The molecule has 1 N–H and O–H groups in total. The SMILES string of the molecule is CN(C)C(=O)C1CCCCN1C1CCCC1O. The van der Waals surface area contributed by atoms with E-state index in [1.54, 1.807) is 4.90 Å². The van der Waals surface area contributed by atoms with Gasteiger partial charge in [-0.05, 0) is 38.6 Å². The number of amides is 1. The van der Waals surface area contributed by atoms with Gasteiger partial charge in [0, 0.05) is 20.1 Å². The molecule has 1 saturated heterocycles. The van der Waals surface area contributed by atoms with Gasteiger partial charge in [-0.1, -0.05) is 6.42 Å². The van der Waals surface area contributed by atoms with Crippen molar-refractivity contribution in [3.05, 3.63) is 0 Å². The minimum Gasteiger partial charge on any atom is -0.391 e. The first-order valence-electron chi connectivity index (χ1n) is 6.76. The number of piperidine rings is 1. The van der Waals surface area contributed by atoms with Crippen LogP contribution in [-0.4, -0.2) is 59.6 Å². The molecular formula is C13H24N2O2. The van der Waals surface area contributed by atoms with E-state index in [1.807, 2.05) is 14.1 Å². The summed E-state index contributed by atoms with van der Waals surface area (Å²) in [6.07, 6.45) is 6.02. The van der Waals surface area contributed by atoms with E-state index in [2.05, 4.69) is 4.90 Å². The first kappa shape index (κ1) is 12.8. The van der Waals surface area contributed by atoms with Gasteiger partial charge < -0.3 is 10.0 Å². The van der Waals surface area contributed by atoms with Gasteiger partial charge in [0.1, 0.15) is 0 Å². The zero-order valence-electron chi connectivity index (χ0n) is 10.9. The van der Waals surface area contributed by atoms with Crippen molar-refractivity contribution < 1.29 is 9.90 Å². The van der Waals surface area contributed by atoms with Crippen molar-refractivity contribution in [2.45, 2.75) is 56.7 Å². The molecule has 1 amide bonds. The van der Waals surface area contributed by atoms with Crippen molar-refractivity contribution >= 4 is 5.91 Å². The number of likely N-dealkylation sites (N-methyl/N-ethyl adjacent to an activating group) is 1. The van der Waals surface area contributed by atoms with Crippen LogP contribution in [0.2, 0.25) is 0 Å². The summed E-state index contributed by atoms with van der Waals surface area (Å²) in [6, 6.07) is 0.209. The molecule has 1 heterocycles. The zero-order valence-corrected chi connectivity index (χ0v) is 10.9. The molecule has 0 bridgehead atoms. The molecule has 1 saturated carbocycles. The summed E-state index contributed by atoms with van der Waals surface area (Å²) in [5.74, 6) is 0.198. The van der Waals surface area contributed by atoms with E-state index in [9.17, 15) is 9.90 Å². The molecule has 2 aliphatic rings. The second kappa shape index (κ2) is 5.36. The Labute approximate surface area is 104 Å². The Morgan fingerprint density at radius 2 is 1.94 bits per heavy atom. The van der Waals surface area contributed by atoms with Crippen LogP contribution in [0.3, 0.4) is 0 Å². The van der Waals surface area contributed by atoms with Crippen LogP contribution < -0.4 is 0 Å². The van der Waals surface area contributed by atoms with Crippen LogP contribution in [0.1, 0.15) is 38.5 Å². The molecule has 3 atom stereocenters. The summed E-state index contributed by atoms with van der Waals surface area (Å²) < 4.78 is 0. The molecule has 1 aliphatic carbocycles. The molecular weight excluding hydrogens is 216 g/mol. The molecule has 2 rings (SSSR count). The molecule has 0 radical (unpaired) electrons. The predicted molar refractivity (Wildman–Crippen MR) is 66.7 cm³/mol. The Kier molecular flexibility index (Phi) is 4.05. The van der Waals surface area contributed by atoms with E-state index in [0.717, 1.165) is 45.1 Å². The van der Waals surface area contributed by atoms with Crippen molar-refractivity contribution in [2.24, 2.45) is 0 Å². The van der Waals surface area contributed by atoms with Crippen molar-refractivity contribution in [2.75, 3.05) is 20.6 Å². The van der Waals surface area contributed by atoms with Crippen LogP contribution in [-0.2, 0) is 4.79 Å². The third-order valence-electron chi connectivity index (χ3n) is 4.14. The summed E-state index contributed by atoms with van der Waals surface area (Å²) in [4.78, 5) is 16.1. The highest BCUT2D eigenvalue weighted by Gasteiger charge is 2.39. The van der Waals surface area contributed by atoms with E-state index in [0.29, 0.717) is 0 Å². The van der Waals surface area contributed by atoms with Crippen LogP contribution in [0.5, 0.6) is 0 Å². The maximum absolute atomic E-state index is 12.2. The number of aliphatic hydroxyl groups is 1. The van der Waals surface area contributed by atoms with Gasteiger partial charge >= 0.3 is 0 Å². The minimum atomic E-state index is -0.231. The van der Waals surface area contributed by atoms with Crippen LogP contribution in [0, 0.1) is 0 Å². The summed E-state index contributed by atoms with van der Waals surface area (Å²) in [7, 11) is 3.64. The molecule has 98 valence electrons. The lowest BCUT2D eigenvalue weighted by Gasteiger charge is -2.41. The Balaban J connectivity index is 2.09. The quantitative estimate of drug-likeness (QED) is 0.778. The largest absolute Gasteiger partial charge is 0.391 e. The minimum absolute atomic E-state index is 0.00324. The van der Waals surface area contributed by atoms with Crippen LogP contribution in [0.15, 0.2) is 0 Å². The van der Waals surface area contributed by atoms with Crippen LogP contribution in [0.4, 0.5) is 0 Å². The Morgan fingerprint density at radius 1 is 1.18 bits per heavy atom. The highest BCUT2D eigenvalue weighted by Crippen LogP contribution is 2.30. The van der Waals surface area contributed by atoms with E-state index >= 15 is 0 Å². The summed E-state index contributed by atoms with van der Waals surface area (Å²) >= 11 is 0. The molecule has 0 aromatic rings. The van der Waals surface area contributed by atoms with E-state index in [1.165, 1.54) is 0 Å². The number of hydrogen-bond donors (Lipinski definition) is 1. The molecule has 17 heavy (non-hydrogen) atoms. The standard InChI is InChI=1S/C13H24N2O2/c1-14(2)13(17)11-6-3-4-9-15(11)10-7-5-8-12(10)16/h10-12,16H,3-9H2,1-2H3. The second-order valence-corrected chi connectivity index (χ2v) is 5.55. The van der Waals surface area contributed by atoms with Gasteiger partial charge in [-0.25, -0.2) is 0 Å². The highest BCUT2D eigenvalue weighted by atomic mass is 16.3. The van der Waals surface area contributed by atoms with Crippen molar-refractivity contribution in [1.29, 1.82) is 0 Å². The van der Waals surface area contributed by atoms with Gasteiger partial charge in [-0.15, -0.1) is 0 Å². The number of hydrogen-bond acceptors (Lipinski definition) is 3. The monoisotopic (exact) mass is 240 g/mol. The third kappa shape index (κ3) is 2.63. The van der Waals surface area contributed by atoms with Gasteiger partial charge in [0.25, 0.3) is 0 Å². The number of rotatable bonds is 2. The number of carbonyl (C=O) groups excluding carboxylic acids is 1. The fraction of sp³-hybridized carbons (Fsp3) is 0.923. The number of nitrogens with zero attached hydrogens (tertiary/aromatic N) is 2. The van der Waals surface area contributed by atoms with Crippen molar-refractivity contribution in [1.82, 2.24) is 9.80 Å². The third-order valence-corrected chi connectivity index (χ3v) is 4.14. The van der Waals surface area contributed by atoms with E-state index in [-0.39, 0.29) is 24.1 Å². The predicted octanol–water partition coefficient (Wildman–Crippen LogP) is 0.842. The number of carbonyl (C=O) groups is 1. The Bertz CT molecular complexity index is 281. The lowest BCUT2D eigenvalue weighted by Crippen LogP contribution is -2.55. The van der Waals surface area contributed by atoms with Gasteiger partial charge in [-0.3, -0.25) is 9.69 Å². The molecule has 1 aliphatic heterocycles.